The molecule has 1 saturated heterocycles. The molecule has 1 aromatic carbocycles. The Kier molecular flexibility index (Phi) is 4.65. The molecule has 1 aliphatic heterocycles. The van der Waals surface area contributed by atoms with Crippen LogP contribution in [0.1, 0.15) is 44.1 Å². The van der Waals surface area contributed by atoms with Gasteiger partial charge in [0.25, 0.3) is 0 Å². The number of likely N-dealkylation sites (tertiary alicyclic amines) is 1. The van der Waals surface area contributed by atoms with Gasteiger partial charge in [-0.2, -0.15) is 0 Å². The highest BCUT2D eigenvalue weighted by Crippen LogP contribution is 2.40. The lowest BCUT2D eigenvalue weighted by Crippen LogP contribution is -2.50. The van der Waals surface area contributed by atoms with Crippen molar-refractivity contribution in [1.82, 2.24) is 10.2 Å². The molecule has 21 heavy (non-hydrogen) atoms. The van der Waals surface area contributed by atoms with E-state index in [1.807, 2.05) is 4.90 Å². The summed E-state index contributed by atoms with van der Waals surface area (Å²) in [5.74, 6) is 0.904. The molecule has 1 amide bonds. The SMILES string of the molecule is CC(=O)N1CCC(NC2CC(c3ccccc3Br)C2)CC1. The second-order valence-corrected chi connectivity index (χ2v) is 7.19. The molecule has 4 heteroatoms. The van der Waals surface area contributed by atoms with Gasteiger partial charge in [-0.25, -0.2) is 0 Å². The third-order valence-electron chi connectivity index (χ3n) is 4.89. The minimum absolute atomic E-state index is 0.214. The molecule has 2 aliphatic rings. The number of carbonyl (C=O) groups is 1. The number of benzene rings is 1. The first kappa shape index (κ1) is 15.0. The Morgan fingerprint density at radius 3 is 2.48 bits per heavy atom. The maximum Gasteiger partial charge on any atom is 0.219 e. The van der Waals surface area contributed by atoms with Crippen LogP contribution in [0.5, 0.6) is 0 Å². The van der Waals surface area contributed by atoms with Gasteiger partial charge in [0.15, 0.2) is 0 Å². The van der Waals surface area contributed by atoms with Crippen LogP contribution < -0.4 is 5.32 Å². The van der Waals surface area contributed by atoms with Crippen LogP contribution in [0.3, 0.4) is 0 Å². The molecule has 0 unspecified atom stereocenters. The fourth-order valence-electron chi connectivity index (χ4n) is 3.51. The summed E-state index contributed by atoms with van der Waals surface area (Å²) in [4.78, 5) is 13.3. The molecule has 3 rings (SSSR count). The summed E-state index contributed by atoms with van der Waals surface area (Å²) in [5, 5.41) is 3.78. The molecule has 3 nitrogen and oxygen atoms in total. The van der Waals surface area contributed by atoms with E-state index >= 15 is 0 Å². The highest BCUT2D eigenvalue weighted by atomic mass is 79.9. The third kappa shape index (κ3) is 3.49. The van der Waals surface area contributed by atoms with Gasteiger partial charge in [0, 0.05) is 36.6 Å². The van der Waals surface area contributed by atoms with Crippen molar-refractivity contribution in [2.45, 2.75) is 50.6 Å². The van der Waals surface area contributed by atoms with Crippen molar-refractivity contribution < 1.29 is 4.79 Å². The Hall–Kier alpha value is -0.870. The van der Waals surface area contributed by atoms with Crippen molar-refractivity contribution in [3.63, 3.8) is 0 Å². The summed E-state index contributed by atoms with van der Waals surface area (Å²) in [6, 6.07) is 9.80. The van der Waals surface area contributed by atoms with Gasteiger partial charge in [0.05, 0.1) is 0 Å². The summed E-state index contributed by atoms with van der Waals surface area (Å²) in [5.41, 5.74) is 1.45. The number of hydrogen-bond donors (Lipinski definition) is 1. The lowest BCUT2D eigenvalue weighted by atomic mass is 9.75. The highest BCUT2D eigenvalue weighted by molar-refractivity contribution is 9.10. The highest BCUT2D eigenvalue weighted by Gasteiger charge is 2.33. The molecular formula is C17H23BrN2O. The number of nitrogens with zero attached hydrogens (tertiary/aromatic N) is 1. The maximum absolute atomic E-state index is 11.3. The number of nitrogens with one attached hydrogen (secondary N) is 1. The van der Waals surface area contributed by atoms with Crippen LogP contribution in [0.25, 0.3) is 0 Å². The van der Waals surface area contributed by atoms with Gasteiger partial charge >= 0.3 is 0 Å². The largest absolute Gasteiger partial charge is 0.343 e. The van der Waals surface area contributed by atoms with Gasteiger partial charge < -0.3 is 10.2 Å². The maximum atomic E-state index is 11.3. The second-order valence-electron chi connectivity index (χ2n) is 6.33. The lowest BCUT2D eigenvalue weighted by molar-refractivity contribution is -0.129. The first-order valence-electron chi connectivity index (χ1n) is 7.89. The molecule has 1 aromatic rings. The minimum Gasteiger partial charge on any atom is -0.343 e. The fourth-order valence-corrected chi connectivity index (χ4v) is 4.12. The zero-order valence-electron chi connectivity index (χ0n) is 12.5. The summed E-state index contributed by atoms with van der Waals surface area (Å²) >= 11 is 3.65. The Morgan fingerprint density at radius 1 is 1.19 bits per heavy atom. The van der Waals surface area contributed by atoms with Crippen molar-refractivity contribution in [2.24, 2.45) is 0 Å². The van der Waals surface area contributed by atoms with E-state index in [9.17, 15) is 4.79 Å². The number of halogens is 1. The standard InChI is InChI=1S/C17H23BrN2O/c1-12(21)20-8-6-14(7-9-20)19-15-10-13(11-15)16-4-2-3-5-17(16)18/h2-5,13-15,19H,6-11H2,1H3. The second kappa shape index (κ2) is 6.49. The minimum atomic E-state index is 0.214. The average molecular weight is 351 g/mol. The summed E-state index contributed by atoms with van der Waals surface area (Å²) in [7, 11) is 0. The van der Waals surface area contributed by atoms with Gasteiger partial charge in [-0.3, -0.25) is 4.79 Å². The number of amides is 1. The van der Waals surface area contributed by atoms with E-state index in [0.29, 0.717) is 18.0 Å². The van der Waals surface area contributed by atoms with Crippen LogP contribution in [0.2, 0.25) is 0 Å². The topological polar surface area (TPSA) is 32.3 Å². The van der Waals surface area contributed by atoms with Crippen molar-refractivity contribution in [3.8, 4) is 0 Å². The molecular weight excluding hydrogens is 328 g/mol. The van der Waals surface area contributed by atoms with Crippen LogP contribution in [0.4, 0.5) is 0 Å². The van der Waals surface area contributed by atoms with Crippen molar-refractivity contribution >= 4 is 21.8 Å². The van der Waals surface area contributed by atoms with Crippen LogP contribution >= 0.6 is 15.9 Å². The van der Waals surface area contributed by atoms with Crippen LogP contribution in [-0.2, 0) is 4.79 Å². The van der Waals surface area contributed by atoms with Crippen molar-refractivity contribution in [1.29, 1.82) is 0 Å². The fraction of sp³-hybridized carbons (Fsp3) is 0.588. The zero-order chi connectivity index (χ0) is 14.8. The van der Waals surface area contributed by atoms with Crippen molar-refractivity contribution in [2.75, 3.05) is 13.1 Å². The van der Waals surface area contributed by atoms with E-state index < -0.39 is 0 Å². The van der Waals surface area contributed by atoms with Crippen LogP contribution in [-0.4, -0.2) is 36.0 Å². The Bertz CT molecular complexity index is 505. The zero-order valence-corrected chi connectivity index (χ0v) is 14.1. The van der Waals surface area contributed by atoms with E-state index in [0.717, 1.165) is 25.9 Å². The van der Waals surface area contributed by atoms with Crippen LogP contribution in [0, 0.1) is 0 Å². The predicted octanol–water partition coefficient (Wildman–Crippen LogP) is 3.30. The number of rotatable bonds is 3. The molecule has 0 aromatic heterocycles. The molecule has 0 spiro atoms. The summed E-state index contributed by atoms with van der Waals surface area (Å²) in [6.45, 7) is 3.49. The quantitative estimate of drug-likeness (QED) is 0.906. The number of carbonyl (C=O) groups excluding carboxylic acids is 1. The molecule has 1 aliphatic carbocycles. The molecule has 2 fully saturated rings. The monoisotopic (exact) mass is 350 g/mol. The predicted molar refractivity (Wildman–Crippen MR) is 88.3 cm³/mol. The third-order valence-corrected chi connectivity index (χ3v) is 5.62. The first-order valence-corrected chi connectivity index (χ1v) is 8.69. The van der Waals surface area contributed by atoms with Gasteiger partial charge in [0.2, 0.25) is 5.91 Å². The first-order chi connectivity index (χ1) is 10.1. The van der Waals surface area contributed by atoms with Crippen LogP contribution in [0.15, 0.2) is 28.7 Å². The molecule has 1 heterocycles. The summed E-state index contributed by atoms with van der Waals surface area (Å²) in [6.07, 6.45) is 4.65. The van der Waals surface area contributed by atoms with Gasteiger partial charge in [-0.05, 0) is 43.2 Å². The Balaban J connectivity index is 1.44. The number of hydrogen-bond acceptors (Lipinski definition) is 2. The molecule has 0 radical (unpaired) electrons. The molecule has 1 saturated carbocycles. The molecule has 1 N–H and O–H groups in total. The lowest BCUT2D eigenvalue weighted by Gasteiger charge is -2.41. The van der Waals surface area contributed by atoms with E-state index in [4.69, 9.17) is 0 Å². The molecule has 0 atom stereocenters. The van der Waals surface area contributed by atoms with Gasteiger partial charge in [-0.1, -0.05) is 34.1 Å². The molecule has 114 valence electrons. The number of piperidine rings is 1. The van der Waals surface area contributed by atoms with E-state index in [-0.39, 0.29) is 5.91 Å². The van der Waals surface area contributed by atoms with E-state index in [1.165, 1.54) is 22.9 Å². The Morgan fingerprint density at radius 2 is 1.86 bits per heavy atom. The van der Waals surface area contributed by atoms with Gasteiger partial charge in [-0.15, -0.1) is 0 Å². The van der Waals surface area contributed by atoms with Crippen molar-refractivity contribution in [3.05, 3.63) is 34.3 Å². The normalized spacial score (nSPS) is 26.5. The smallest absolute Gasteiger partial charge is 0.219 e. The van der Waals surface area contributed by atoms with E-state index in [1.54, 1.807) is 6.92 Å². The summed E-state index contributed by atoms with van der Waals surface area (Å²) < 4.78 is 1.24. The van der Waals surface area contributed by atoms with E-state index in [2.05, 4.69) is 45.5 Å². The Labute approximate surface area is 135 Å². The average Bonchev–Trinajstić information content (AvgIpc) is 2.44. The van der Waals surface area contributed by atoms with Gasteiger partial charge in [0.1, 0.15) is 0 Å². The molecule has 0 bridgehead atoms.